The van der Waals surface area contributed by atoms with Gasteiger partial charge in [0, 0.05) is 25.5 Å². The molecule has 0 aromatic heterocycles. The van der Waals surface area contributed by atoms with Crippen LogP contribution in [0.5, 0.6) is 0 Å². The zero-order chi connectivity index (χ0) is 14.7. The maximum absolute atomic E-state index is 11.3. The predicted octanol–water partition coefficient (Wildman–Crippen LogP) is 2.18. The van der Waals surface area contributed by atoms with Crippen LogP contribution in [-0.4, -0.2) is 20.0 Å². The van der Waals surface area contributed by atoms with E-state index in [9.17, 15) is 4.79 Å². The van der Waals surface area contributed by atoms with Crippen LogP contribution < -0.4 is 21.7 Å². The molecule has 0 heterocycles. The zero-order valence-corrected chi connectivity index (χ0v) is 11.6. The summed E-state index contributed by atoms with van der Waals surface area (Å²) in [4.78, 5) is 13.3. The molecule has 0 aliphatic heterocycles. The van der Waals surface area contributed by atoms with Gasteiger partial charge in [0.15, 0.2) is 0 Å². The molecule has 0 fully saturated rings. The van der Waals surface area contributed by atoms with Gasteiger partial charge in [-0.05, 0) is 30.3 Å². The highest BCUT2D eigenvalue weighted by Crippen LogP contribution is 2.27. The summed E-state index contributed by atoms with van der Waals surface area (Å²) in [6, 6.07) is 13.1. The Balaban J connectivity index is 2.33. The van der Waals surface area contributed by atoms with Crippen molar-refractivity contribution >= 4 is 28.7 Å². The molecule has 104 valence electrons. The van der Waals surface area contributed by atoms with Crippen molar-refractivity contribution in [3.05, 3.63) is 48.0 Å². The van der Waals surface area contributed by atoms with E-state index in [2.05, 4.69) is 5.32 Å². The molecule has 5 nitrogen and oxygen atoms in total. The molecule has 20 heavy (non-hydrogen) atoms. The minimum absolute atomic E-state index is 0.318. The summed E-state index contributed by atoms with van der Waals surface area (Å²) in [6.07, 6.45) is 0. The molecule has 0 radical (unpaired) electrons. The quantitative estimate of drug-likeness (QED) is 0.743. The first-order valence-corrected chi connectivity index (χ1v) is 6.21. The summed E-state index contributed by atoms with van der Waals surface area (Å²) >= 11 is 0. The third-order valence-corrected chi connectivity index (χ3v) is 3.01. The summed E-state index contributed by atoms with van der Waals surface area (Å²) in [7, 11) is 3.95. The molecule has 2 rings (SSSR count). The van der Waals surface area contributed by atoms with Crippen molar-refractivity contribution in [3.8, 4) is 0 Å². The second-order valence-corrected chi connectivity index (χ2v) is 4.70. The normalized spacial score (nSPS) is 10.1. The Kier molecular flexibility index (Phi) is 3.79. The van der Waals surface area contributed by atoms with Gasteiger partial charge in [-0.2, -0.15) is 0 Å². The number of rotatable bonds is 4. The Bertz CT molecular complexity index is 638. The molecule has 0 unspecified atom stereocenters. The number of benzene rings is 2. The molecule has 0 atom stereocenters. The van der Waals surface area contributed by atoms with E-state index in [-0.39, 0.29) is 0 Å². The number of nitrogens with one attached hydrogen (secondary N) is 1. The van der Waals surface area contributed by atoms with Crippen LogP contribution in [0.3, 0.4) is 0 Å². The van der Waals surface area contributed by atoms with E-state index in [1.54, 1.807) is 12.1 Å². The molecule has 2 aromatic rings. The summed E-state index contributed by atoms with van der Waals surface area (Å²) in [5.41, 5.74) is 14.5. The second kappa shape index (κ2) is 5.52. The van der Waals surface area contributed by atoms with Gasteiger partial charge in [-0.1, -0.05) is 12.1 Å². The number of amides is 1. The zero-order valence-electron chi connectivity index (χ0n) is 11.6. The molecule has 2 aromatic carbocycles. The lowest BCUT2D eigenvalue weighted by atomic mass is 10.1. The molecule has 0 saturated carbocycles. The summed E-state index contributed by atoms with van der Waals surface area (Å²) in [5, 5.41) is 3.20. The number of nitrogens with two attached hydrogens (primary N) is 2. The number of carbonyl (C=O) groups excluding carboxylic acids is 1. The molecule has 0 spiro atoms. The summed E-state index contributed by atoms with van der Waals surface area (Å²) in [6.45, 7) is 0. The van der Waals surface area contributed by atoms with Gasteiger partial charge in [-0.3, -0.25) is 4.79 Å². The number of para-hydroxylation sites is 1. The Morgan fingerprint density at radius 3 is 2.50 bits per heavy atom. The van der Waals surface area contributed by atoms with E-state index < -0.39 is 5.91 Å². The standard InChI is InChI=1S/C15H18N4O/c1-19(2)11-6-3-5-10(9-11)18-13-8-4-7-12(14(13)16)15(17)20/h3-9,18H,16H2,1-2H3,(H2,17,20). The maximum atomic E-state index is 11.3. The van der Waals surface area contributed by atoms with Gasteiger partial charge in [-0.15, -0.1) is 0 Å². The average molecular weight is 270 g/mol. The van der Waals surface area contributed by atoms with Crippen molar-refractivity contribution in [1.82, 2.24) is 0 Å². The van der Waals surface area contributed by atoms with Crippen LogP contribution in [0.2, 0.25) is 0 Å². The Morgan fingerprint density at radius 1 is 1.15 bits per heavy atom. The molecule has 0 aliphatic rings. The molecule has 1 amide bonds. The lowest BCUT2D eigenvalue weighted by Crippen LogP contribution is -2.14. The lowest BCUT2D eigenvalue weighted by molar-refractivity contribution is 0.100. The number of hydrogen-bond acceptors (Lipinski definition) is 4. The van der Waals surface area contributed by atoms with Crippen LogP contribution in [0.1, 0.15) is 10.4 Å². The van der Waals surface area contributed by atoms with E-state index in [0.29, 0.717) is 16.9 Å². The van der Waals surface area contributed by atoms with Crippen LogP contribution in [0.25, 0.3) is 0 Å². The van der Waals surface area contributed by atoms with Gasteiger partial charge < -0.3 is 21.7 Å². The van der Waals surface area contributed by atoms with Gasteiger partial charge in [0.25, 0.3) is 5.91 Å². The fraction of sp³-hybridized carbons (Fsp3) is 0.133. The number of primary amides is 1. The van der Waals surface area contributed by atoms with E-state index in [1.165, 1.54) is 0 Å². The SMILES string of the molecule is CN(C)c1cccc(Nc2cccc(C(N)=O)c2N)c1. The van der Waals surface area contributed by atoms with Crippen molar-refractivity contribution in [2.24, 2.45) is 5.73 Å². The fourth-order valence-corrected chi connectivity index (χ4v) is 1.91. The summed E-state index contributed by atoms with van der Waals surface area (Å²) < 4.78 is 0. The van der Waals surface area contributed by atoms with E-state index in [4.69, 9.17) is 11.5 Å². The number of carbonyl (C=O) groups is 1. The average Bonchev–Trinajstić information content (AvgIpc) is 2.41. The predicted molar refractivity (Wildman–Crippen MR) is 83.4 cm³/mol. The monoisotopic (exact) mass is 270 g/mol. The molecule has 5 heteroatoms. The van der Waals surface area contributed by atoms with Crippen LogP contribution in [0.4, 0.5) is 22.7 Å². The molecule has 5 N–H and O–H groups in total. The number of anilines is 4. The van der Waals surface area contributed by atoms with Gasteiger partial charge in [0.1, 0.15) is 0 Å². The Morgan fingerprint density at radius 2 is 1.85 bits per heavy atom. The first-order chi connectivity index (χ1) is 9.49. The number of nitrogens with zero attached hydrogens (tertiary/aromatic N) is 1. The lowest BCUT2D eigenvalue weighted by Gasteiger charge is -2.15. The van der Waals surface area contributed by atoms with Crippen LogP contribution in [0, 0.1) is 0 Å². The number of hydrogen-bond donors (Lipinski definition) is 3. The van der Waals surface area contributed by atoms with Crippen molar-refractivity contribution < 1.29 is 4.79 Å². The minimum Gasteiger partial charge on any atom is -0.396 e. The Hall–Kier alpha value is -2.69. The molecular formula is C15H18N4O. The van der Waals surface area contributed by atoms with Gasteiger partial charge in [-0.25, -0.2) is 0 Å². The molecular weight excluding hydrogens is 252 g/mol. The Labute approximate surface area is 118 Å². The smallest absolute Gasteiger partial charge is 0.250 e. The highest BCUT2D eigenvalue weighted by Gasteiger charge is 2.09. The summed E-state index contributed by atoms with van der Waals surface area (Å²) in [5.74, 6) is -0.534. The topological polar surface area (TPSA) is 84.4 Å². The molecule has 0 aliphatic carbocycles. The van der Waals surface area contributed by atoms with Gasteiger partial charge in [0.2, 0.25) is 0 Å². The third kappa shape index (κ3) is 2.83. The van der Waals surface area contributed by atoms with Crippen molar-refractivity contribution in [1.29, 1.82) is 0 Å². The van der Waals surface area contributed by atoms with Crippen LogP contribution in [0.15, 0.2) is 42.5 Å². The van der Waals surface area contributed by atoms with Crippen LogP contribution in [-0.2, 0) is 0 Å². The maximum Gasteiger partial charge on any atom is 0.250 e. The second-order valence-electron chi connectivity index (χ2n) is 4.70. The first kappa shape index (κ1) is 13.7. The third-order valence-electron chi connectivity index (χ3n) is 3.01. The largest absolute Gasteiger partial charge is 0.396 e. The number of nitrogen functional groups attached to an aromatic ring is 1. The van der Waals surface area contributed by atoms with E-state index in [0.717, 1.165) is 11.4 Å². The highest BCUT2D eigenvalue weighted by atomic mass is 16.1. The van der Waals surface area contributed by atoms with Crippen LogP contribution >= 0.6 is 0 Å². The first-order valence-electron chi connectivity index (χ1n) is 6.21. The minimum atomic E-state index is -0.534. The molecule has 0 bridgehead atoms. The van der Waals surface area contributed by atoms with Gasteiger partial charge in [0.05, 0.1) is 16.9 Å². The highest BCUT2D eigenvalue weighted by molar-refractivity contribution is 6.01. The van der Waals surface area contributed by atoms with E-state index in [1.807, 2.05) is 49.3 Å². The fourth-order valence-electron chi connectivity index (χ4n) is 1.91. The van der Waals surface area contributed by atoms with Crippen molar-refractivity contribution in [3.63, 3.8) is 0 Å². The van der Waals surface area contributed by atoms with Gasteiger partial charge >= 0.3 is 0 Å². The molecule has 0 saturated heterocycles. The van der Waals surface area contributed by atoms with E-state index >= 15 is 0 Å². The van der Waals surface area contributed by atoms with Crippen molar-refractivity contribution in [2.45, 2.75) is 0 Å². The van der Waals surface area contributed by atoms with Crippen molar-refractivity contribution in [2.75, 3.05) is 30.0 Å².